The molecule has 5 nitrogen and oxygen atoms in total. The quantitative estimate of drug-likeness (QED) is 0.904. The van der Waals surface area contributed by atoms with E-state index in [1.807, 2.05) is 43.3 Å². The lowest BCUT2D eigenvalue weighted by atomic mass is 10.2. The number of anilines is 1. The molecule has 1 N–H and O–H groups in total. The smallest absolute Gasteiger partial charge is 0.238 e. The second kappa shape index (κ2) is 7.04. The standard InChI is InChI=1S/C15H23N3O2S/c1-18(2)12-15(19)17-14-7-5-6-13(10-14)11-16-21(20)8-3-4-9-21/h5-7,10H,3-4,8-9,11-12H2,1-2H3,(H,17,19). The van der Waals surface area contributed by atoms with Gasteiger partial charge in [-0.2, -0.15) is 0 Å². The van der Waals surface area contributed by atoms with Crippen LogP contribution in [0, 0.1) is 0 Å². The summed E-state index contributed by atoms with van der Waals surface area (Å²) in [6.45, 7) is 0.804. The Labute approximate surface area is 126 Å². The molecule has 0 aromatic heterocycles. The molecule has 116 valence electrons. The first-order valence-electron chi connectivity index (χ1n) is 7.19. The van der Waals surface area contributed by atoms with Gasteiger partial charge in [0.25, 0.3) is 0 Å². The third kappa shape index (κ3) is 5.13. The molecule has 2 rings (SSSR count). The number of rotatable bonds is 5. The minimum atomic E-state index is -1.97. The topological polar surface area (TPSA) is 61.8 Å². The Morgan fingerprint density at radius 3 is 2.71 bits per heavy atom. The molecule has 0 atom stereocenters. The number of benzene rings is 1. The number of likely N-dealkylation sites (N-methyl/N-ethyl adjacent to an activating group) is 1. The largest absolute Gasteiger partial charge is 0.325 e. The summed E-state index contributed by atoms with van der Waals surface area (Å²) in [4.78, 5) is 13.5. The summed E-state index contributed by atoms with van der Waals surface area (Å²) in [5.74, 6) is 1.41. The van der Waals surface area contributed by atoms with Crippen LogP contribution < -0.4 is 5.32 Å². The van der Waals surface area contributed by atoms with Crippen molar-refractivity contribution in [3.63, 3.8) is 0 Å². The van der Waals surface area contributed by atoms with Gasteiger partial charge in [-0.25, -0.2) is 8.57 Å². The molecule has 0 bridgehead atoms. The average Bonchev–Trinajstić information content (AvgIpc) is 2.83. The predicted octanol–water partition coefficient (Wildman–Crippen LogP) is 1.95. The van der Waals surface area contributed by atoms with Gasteiger partial charge in [-0.15, -0.1) is 0 Å². The number of hydrogen-bond donors (Lipinski definition) is 1. The molecule has 1 heterocycles. The van der Waals surface area contributed by atoms with Crippen molar-refractivity contribution in [1.82, 2.24) is 4.90 Å². The van der Waals surface area contributed by atoms with E-state index in [9.17, 15) is 9.00 Å². The lowest BCUT2D eigenvalue weighted by Gasteiger charge is -2.10. The number of amides is 1. The van der Waals surface area contributed by atoms with E-state index in [-0.39, 0.29) is 5.91 Å². The monoisotopic (exact) mass is 309 g/mol. The SMILES string of the molecule is CN(C)CC(=O)Nc1cccc(CN=S2(=O)CCCC2)c1. The fourth-order valence-electron chi connectivity index (χ4n) is 2.31. The highest BCUT2D eigenvalue weighted by atomic mass is 32.2. The molecule has 1 aromatic rings. The van der Waals surface area contributed by atoms with Crippen molar-refractivity contribution in [2.75, 3.05) is 37.5 Å². The normalized spacial score (nSPS) is 16.9. The van der Waals surface area contributed by atoms with Crippen LogP contribution in [0.5, 0.6) is 0 Å². The van der Waals surface area contributed by atoms with Gasteiger partial charge in [-0.05, 0) is 44.6 Å². The van der Waals surface area contributed by atoms with E-state index >= 15 is 0 Å². The van der Waals surface area contributed by atoms with Gasteiger partial charge in [-0.3, -0.25) is 4.79 Å². The van der Waals surface area contributed by atoms with Gasteiger partial charge >= 0.3 is 0 Å². The summed E-state index contributed by atoms with van der Waals surface area (Å²) in [5, 5.41) is 2.86. The van der Waals surface area contributed by atoms with E-state index in [2.05, 4.69) is 9.68 Å². The number of hydrogen-bond acceptors (Lipinski definition) is 4. The van der Waals surface area contributed by atoms with E-state index in [0.717, 1.165) is 35.6 Å². The van der Waals surface area contributed by atoms with Crippen molar-refractivity contribution >= 4 is 21.3 Å². The molecular formula is C15H23N3O2S. The third-order valence-electron chi connectivity index (χ3n) is 3.33. The zero-order valence-electron chi connectivity index (χ0n) is 12.7. The molecule has 0 saturated carbocycles. The van der Waals surface area contributed by atoms with Gasteiger partial charge in [0.1, 0.15) is 0 Å². The first-order valence-corrected chi connectivity index (χ1v) is 9.04. The van der Waals surface area contributed by atoms with Crippen LogP contribution in [0.15, 0.2) is 28.6 Å². The Kier molecular flexibility index (Phi) is 5.36. The second-order valence-electron chi connectivity index (χ2n) is 5.66. The van der Waals surface area contributed by atoms with E-state index in [0.29, 0.717) is 13.1 Å². The Hall–Kier alpha value is -1.40. The van der Waals surface area contributed by atoms with Gasteiger partial charge in [0.2, 0.25) is 5.91 Å². The highest BCUT2D eigenvalue weighted by Gasteiger charge is 2.15. The summed E-state index contributed by atoms with van der Waals surface area (Å²) in [6, 6.07) is 7.59. The average molecular weight is 309 g/mol. The van der Waals surface area contributed by atoms with Gasteiger partial charge in [0.05, 0.1) is 13.1 Å². The van der Waals surface area contributed by atoms with Crippen molar-refractivity contribution in [2.45, 2.75) is 19.4 Å². The van der Waals surface area contributed by atoms with Gasteiger partial charge < -0.3 is 10.2 Å². The summed E-state index contributed by atoms with van der Waals surface area (Å²) >= 11 is 0. The summed E-state index contributed by atoms with van der Waals surface area (Å²) in [5.41, 5.74) is 1.74. The zero-order valence-corrected chi connectivity index (χ0v) is 13.5. The minimum absolute atomic E-state index is 0.0456. The van der Waals surface area contributed by atoms with Crippen LogP contribution >= 0.6 is 0 Å². The van der Waals surface area contributed by atoms with Crippen molar-refractivity contribution in [3.05, 3.63) is 29.8 Å². The molecule has 0 aliphatic carbocycles. The van der Waals surface area contributed by atoms with Crippen molar-refractivity contribution in [3.8, 4) is 0 Å². The first kappa shape index (κ1) is 16.0. The molecular weight excluding hydrogens is 286 g/mol. The molecule has 0 spiro atoms. The minimum Gasteiger partial charge on any atom is -0.325 e. The molecule has 1 fully saturated rings. The van der Waals surface area contributed by atoms with Gasteiger partial charge in [0.15, 0.2) is 0 Å². The molecule has 6 heteroatoms. The molecule has 0 radical (unpaired) electrons. The van der Waals surface area contributed by atoms with Crippen LogP contribution in [-0.4, -0.2) is 47.2 Å². The lowest BCUT2D eigenvalue weighted by Crippen LogP contribution is -2.27. The second-order valence-corrected chi connectivity index (χ2v) is 8.28. The highest BCUT2D eigenvalue weighted by Crippen LogP contribution is 2.16. The molecule has 0 unspecified atom stereocenters. The van der Waals surface area contributed by atoms with Crippen LogP contribution in [0.25, 0.3) is 0 Å². The fourth-order valence-corrected chi connectivity index (χ4v) is 4.47. The van der Waals surface area contributed by atoms with Crippen molar-refractivity contribution in [1.29, 1.82) is 0 Å². The third-order valence-corrected chi connectivity index (χ3v) is 5.78. The maximum atomic E-state index is 12.3. The summed E-state index contributed by atoms with van der Waals surface area (Å²) in [6.07, 6.45) is 2.03. The molecule has 1 aromatic carbocycles. The van der Waals surface area contributed by atoms with Crippen LogP contribution in [0.1, 0.15) is 18.4 Å². The molecule has 1 saturated heterocycles. The Morgan fingerprint density at radius 1 is 1.33 bits per heavy atom. The Balaban J connectivity index is 2.01. The molecule has 1 amide bonds. The van der Waals surface area contributed by atoms with E-state index in [4.69, 9.17) is 0 Å². The number of carbonyl (C=O) groups excluding carboxylic acids is 1. The van der Waals surface area contributed by atoms with Crippen LogP contribution in [0.4, 0.5) is 5.69 Å². The van der Waals surface area contributed by atoms with E-state index in [1.165, 1.54) is 0 Å². The number of nitrogens with one attached hydrogen (secondary N) is 1. The summed E-state index contributed by atoms with van der Waals surface area (Å²) in [7, 11) is 1.74. The Morgan fingerprint density at radius 2 is 2.05 bits per heavy atom. The van der Waals surface area contributed by atoms with Gasteiger partial charge in [-0.1, -0.05) is 12.1 Å². The number of nitrogens with zero attached hydrogens (tertiary/aromatic N) is 2. The maximum absolute atomic E-state index is 12.3. The molecule has 21 heavy (non-hydrogen) atoms. The van der Waals surface area contributed by atoms with Crippen LogP contribution in [0.3, 0.4) is 0 Å². The zero-order chi connectivity index (χ0) is 15.3. The Bertz CT molecular complexity index is 607. The van der Waals surface area contributed by atoms with Crippen molar-refractivity contribution < 1.29 is 9.00 Å². The first-order chi connectivity index (χ1) is 9.97. The predicted molar refractivity (Wildman–Crippen MR) is 86.9 cm³/mol. The van der Waals surface area contributed by atoms with Crippen molar-refractivity contribution in [2.24, 2.45) is 4.36 Å². The lowest BCUT2D eigenvalue weighted by molar-refractivity contribution is -0.116. The molecule has 1 aliphatic rings. The van der Waals surface area contributed by atoms with Crippen LogP contribution in [-0.2, 0) is 21.1 Å². The summed E-state index contributed by atoms with van der Waals surface area (Å²) < 4.78 is 16.7. The maximum Gasteiger partial charge on any atom is 0.238 e. The molecule has 1 aliphatic heterocycles. The fraction of sp³-hybridized carbons (Fsp3) is 0.533. The van der Waals surface area contributed by atoms with Crippen LogP contribution in [0.2, 0.25) is 0 Å². The van der Waals surface area contributed by atoms with E-state index in [1.54, 1.807) is 0 Å². The highest BCUT2D eigenvalue weighted by molar-refractivity contribution is 7.93. The van der Waals surface area contributed by atoms with Gasteiger partial charge in [0, 0.05) is 26.9 Å². The number of carbonyl (C=O) groups is 1. The van der Waals surface area contributed by atoms with E-state index < -0.39 is 9.73 Å².